The van der Waals surface area contributed by atoms with Gasteiger partial charge in [-0.2, -0.15) is 0 Å². The van der Waals surface area contributed by atoms with Crippen LogP contribution in [0.15, 0.2) is 10.5 Å². The number of esters is 1. The Bertz CT molecular complexity index is 786. The number of aldehydes is 1. The monoisotopic (exact) mass is 426 g/mol. The summed E-state index contributed by atoms with van der Waals surface area (Å²) in [5.74, 6) is -3.08. The third-order valence-electron chi connectivity index (χ3n) is 4.80. The Labute approximate surface area is 158 Å². The van der Waals surface area contributed by atoms with Gasteiger partial charge in [0.1, 0.15) is 17.5 Å². The molecule has 0 amide bonds. The molecule has 0 bridgehead atoms. The second kappa shape index (κ2) is 7.57. The lowest BCUT2D eigenvalue weighted by atomic mass is 9.61. The van der Waals surface area contributed by atoms with Crippen LogP contribution in [0.4, 0.5) is 0 Å². The van der Waals surface area contributed by atoms with Gasteiger partial charge in [0.05, 0.1) is 25.7 Å². The predicted octanol–water partition coefficient (Wildman–Crippen LogP) is 2.25. The number of rotatable bonds is 6. The number of hydrogen-bond donors (Lipinski definition) is 1. The molecule has 26 heavy (non-hydrogen) atoms. The van der Waals surface area contributed by atoms with Gasteiger partial charge in [-0.1, -0.05) is 15.9 Å². The van der Waals surface area contributed by atoms with Gasteiger partial charge in [0.2, 0.25) is 0 Å². The molecule has 0 heterocycles. The van der Waals surface area contributed by atoms with E-state index in [0.29, 0.717) is 16.3 Å². The Hall–Kier alpha value is -2.22. The fourth-order valence-corrected chi connectivity index (χ4v) is 3.90. The Balaban J connectivity index is 2.73. The second-order valence-corrected chi connectivity index (χ2v) is 7.09. The van der Waals surface area contributed by atoms with Crippen molar-refractivity contribution in [3.8, 4) is 11.5 Å². The molecule has 0 aromatic heterocycles. The number of benzene rings is 1. The number of methoxy groups -OCH3 is 2. The average Bonchev–Trinajstić information content (AvgIpc) is 2.62. The molecule has 1 aromatic carbocycles. The van der Waals surface area contributed by atoms with Gasteiger partial charge in [-0.25, -0.2) is 0 Å². The van der Waals surface area contributed by atoms with E-state index in [0.717, 1.165) is 0 Å². The smallest absolute Gasteiger partial charge is 0.310 e. The van der Waals surface area contributed by atoms with Crippen molar-refractivity contribution in [2.24, 2.45) is 11.3 Å². The van der Waals surface area contributed by atoms with Crippen molar-refractivity contribution in [3.05, 3.63) is 21.7 Å². The summed E-state index contributed by atoms with van der Waals surface area (Å²) in [6.07, 6.45) is 0.204. The lowest BCUT2D eigenvalue weighted by Crippen LogP contribution is -2.49. The summed E-state index contributed by atoms with van der Waals surface area (Å²) in [6.45, 7) is 1.34. The van der Waals surface area contributed by atoms with E-state index in [4.69, 9.17) is 9.47 Å². The van der Waals surface area contributed by atoms with E-state index >= 15 is 0 Å². The lowest BCUT2D eigenvalue weighted by Gasteiger charge is -2.38. The SMILES string of the molecule is COC(=O)[C@H]1Cc2c(Br)cc(OC)c(O)c2C(=O)[C@@]1(C=O)CCC(C)=O. The highest BCUT2D eigenvalue weighted by molar-refractivity contribution is 9.10. The van der Waals surface area contributed by atoms with Crippen LogP contribution < -0.4 is 4.74 Å². The first-order chi connectivity index (χ1) is 12.2. The molecule has 7 nitrogen and oxygen atoms in total. The van der Waals surface area contributed by atoms with E-state index in [9.17, 15) is 24.3 Å². The Morgan fingerprint density at radius 3 is 2.58 bits per heavy atom. The van der Waals surface area contributed by atoms with E-state index in [1.807, 2.05) is 0 Å². The zero-order chi connectivity index (χ0) is 19.6. The molecule has 2 atom stereocenters. The van der Waals surface area contributed by atoms with Gasteiger partial charge < -0.3 is 24.2 Å². The number of hydrogen-bond acceptors (Lipinski definition) is 7. The van der Waals surface area contributed by atoms with Gasteiger partial charge in [0.15, 0.2) is 17.3 Å². The molecule has 0 saturated carbocycles. The van der Waals surface area contributed by atoms with Crippen LogP contribution in [0.2, 0.25) is 0 Å². The van der Waals surface area contributed by atoms with Gasteiger partial charge >= 0.3 is 5.97 Å². The highest BCUT2D eigenvalue weighted by Crippen LogP contribution is 2.49. The third-order valence-corrected chi connectivity index (χ3v) is 5.51. The molecule has 0 fully saturated rings. The first-order valence-corrected chi connectivity index (χ1v) is 8.69. The first-order valence-electron chi connectivity index (χ1n) is 7.90. The lowest BCUT2D eigenvalue weighted by molar-refractivity contribution is -0.151. The molecule has 1 N–H and O–H groups in total. The largest absolute Gasteiger partial charge is 0.504 e. The predicted molar refractivity (Wildman–Crippen MR) is 94.3 cm³/mol. The van der Waals surface area contributed by atoms with Crippen LogP contribution in [0.3, 0.4) is 0 Å². The second-order valence-electron chi connectivity index (χ2n) is 6.23. The van der Waals surface area contributed by atoms with Crippen LogP contribution >= 0.6 is 15.9 Å². The van der Waals surface area contributed by atoms with Crippen LogP contribution in [0.5, 0.6) is 11.5 Å². The summed E-state index contributed by atoms with van der Waals surface area (Å²) in [6, 6.07) is 1.49. The van der Waals surface area contributed by atoms with Gasteiger partial charge in [-0.05, 0) is 31.4 Å². The fraction of sp³-hybridized carbons (Fsp3) is 0.444. The third kappa shape index (κ3) is 3.13. The number of aromatic hydroxyl groups is 1. The summed E-state index contributed by atoms with van der Waals surface area (Å²) in [5.41, 5.74) is -1.47. The van der Waals surface area contributed by atoms with Gasteiger partial charge in [-0.3, -0.25) is 9.59 Å². The average molecular weight is 427 g/mol. The number of halogens is 1. The molecule has 0 saturated heterocycles. The molecule has 0 radical (unpaired) electrons. The number of carbonyl (C=O) groups is 4. The summed E-state index contributed by atoms with van der Waals surface area (Å²) < 4.78 is 10.3. The van der Waals surface area contributed by atoms with Crippen LogP contribution in [0.1, 0.15) is 35.7 Å². The van der Waals surface area contributed by atoms with Crippen molar-refractivity contribution in [2.75, 3.05) is 14.2 Å². The highest BCUT2D eigenvalue weighted by Gasteiger charge is 2.54. The summed E-state index contributed by atoms with van der Waals surface area (Å²) in [5, 5.41) is 10.5. The molecule has 0 aliphatic heterocycles. The van der Waals surface area contributed by atoms with E-state index in [1.54, 1.807) is 0 Å². The molecule has 1 aliphatic rings. The molecule has 8 heteroatoms. The van der Waals surface area contributed by atoms with Crippen LogP contribution in [-0.4, -0.2) is 43.1 Å². The number of phenolic OH excluding ortho intramolecular Hbond substituents is 1. The van der Waals surface area contributed by atoms with E-state index in [1.165, 1.54) is 27.2 Å². The molecule has 140 valence electrons. The minimum absolute atomic E-state index is 0.00251. The van der Waals surface area contributed by atoms with Crippen molar-refractivity contribution in [1.82, 2.24) is 0 Å². The Kier molecular flexibility index (Phi) is 5.85. The molecule has 1 aliphatic carbocycles. The van der Waals surface area contributed by atoms with Crippen molar-refractivity contribution >= 4 is 39.8 Å². The molecule has 0 spiro atoms. The van der Waals surface area contributed by atoms with Gasteiger partial charge in [-0.15, -0.1) is 0 Å². The normalized spacial score (nSPS) is 21.7. The van der Waals surface area contributed by atoms with E-state index in [2.05, 4.69) is 15.9 Å². The molecule has 2 rings (SSSR count). The molecule has 0 unspecified atom stereocenters. The standard InChI is InChI=1S/C18H19BrO7/c1-9(21)4-5-18(8-20)11(17(24)26-3)6-10-12(19)7-13(25-2)15(22)14(10)16(18)23/h7-8,11,22H,4-6H2,1-3H3/t11-,18-/m1/s1. The minimum atomic E-state index is -1.78. The number of ether oxygens (including phenoxy) is 2. The zero-order valence-corrected chi connectivity index (χ0v) is 16.2. The van der Waals surface area contributed by atoms with Gasteiger partial charge in [0, 0.05) is 10.9 Å². The maximum atomic E-state index is 13.3. The van der Waals surface area contributed by atoms with Crippen LogP contribution in [0.25, 0.3) is 0 Å². The van der Waals surface area contributed by atoms with Crippen molar-refractivity contribution < 1.29 is 33.8 Å². The summed E-state index contributed by atoms with van der Waals surface area (Å²) in [7, 11) is 2.50. The number of carbonyl (C=O) groups excluding carboxylic acids is 4. The quantitative estimate of drug-likeness (QED) is 0.422. The van der Waals surface area contributed by atoms with Crippen molar-refractivity contribution in [2.45, 2.75) is 26.2 Å². The topological polar surface area (TPSA) is 107 Å². The Morgan fingerprint density at radius 2 is 2.08 bits per heavy atom. The molecular weight excluding hydrogens is 408 g/mol. The molecular formula is C18H19BrO7. The Morgan fingerprint density at radius 1 is 1.42 bits per heavy atom. The van der Waals surface area contributed by atoms with Crippen LogP contribution in [-0.2, 0) is 25.5 Å². The van der Waals surface area contributed by atoms with Crippen molar-refractivity contribution in [1.29, 1.82) is 0 Å². The van der Waals surface area contributed by atoms with E-state index < -0.39 is 28.8 Å². The number of ketones is 2. The number of fused-ring (bicyclic) bond motifs is 1. The van der Waals surface area contributed by atoms with Crippen LogP contribution in [0, 0.1) is 11.3 Å². The first kappa shape index (κ1) is 20.1. The zero-order valence-electron chi connectivity index (χ0n) is 14.6. The number of Topliss-reactive ketones (excluding diaryl/α,β-unsaturated/α-hetero) is 2. The summed E-state index contributed by atoms with van der Waals surface area (Å²) in [4.78, 5) is 49.1. The van der Waals surface area contributed by atoms with E-state index in [-0.39, 0.29) is 36.4 Å². The van der Waals surface area contributed by atoms with Gasteiger partial charge in [0.25, 0.3) is 0 Å². The molecule has 1 aromatic rings. The number of phenols is 1. The maximum absolute atomic E-state index is 13.3. The maximum Gasteiger partial charge on any atom is 0.310 e. The highest BCUT2D eigenvalue weighted by atomic mass is 79.9. The fourth-order valence-electron chi connectivity index (χ4n) is 3.33. The summed E-state index contributed by atoms with van der Waals surface area (Å²) >= 11 is 3.32. The van der Waals surface area contributed by atoms with Crippen molar-refractivity contribution in [3.63, 3.8) is 0 Å². The minimum Gasteiger partial charge on any atom is -0.504 e.